The Bertz CT molecular complexity index is 962. The monoisotopic (exact) mass is 438 g/mol. The lowest BCUT2D eigenvalue weighted by molar-refractivity contribution is -0.137. The van der Waals surface area contributed by atoms with Gasteiger partial charge < -0.3 is 14.8 Å². The third kappa shape index (κ3) is 4.26. The second-order valence-electron chi connectivity index (χ2n) is 9.94. The molecule has 0 bridgehead atoms. The molecule has 7 heteroatoms. The molecule has 2 atom stereocenters. The molecule has 172 valence electrons. The summed E-state index contributed by atoms with van der Waals surface area (Å²) in [7, 11) is 0. The average molecular weight is 439 g/mol. The van der Waals surface area contributed by atoms with E-state index in [1.807, 2.05) is 9.80 Å². The van der Waals surface area contributed by atoms with E-state index >= 15 is 0 Å². The van der Waals surface area contributed by atoms with E-state index in [2.05, 4.69) is 17.1 Å². The molecule has 2 aliphatic carbocycles. The molecule has 7 nitrogen and oxygen atoms in total. The van der Waals surface area contributed by atoms with Gasteiger partial charge in [-0.3, -0.25) is 14.4 Å². The number of piperidine rings is 1. The second-order valence-corrected chi connectivity index (χ2v) is 9.94. The van der Waals surface area contributed by atoms with Crippen molar-refractivity contribution >= 4 is 11.8 Å². The molecule has 0 radical (unpaired) electrons. The molecule has 1 aromatic heterocycles. The Kier molecular flexibility index (Phi) is 6.15. The highest BCUT2D eigenvalue weighted by Crippen LogP contribution is 2.32. The summed E-state index contributed by atoms with van der Waals surface area (Å²) in [6, 6.07) is -0.155. The van der Waals surface area contributed by atoms with Crippen LogP contribution in [0.3, 0.4) is 0 Å². The van der Waals surface area contributed by atoms with Crippen LogP contribution in [0.2, 0.25) is 0 Å². The molecule has 0 spiro atoms. The van der Waals surface area contributed by atoms with Crippen molar-refractivity contribution in [3.63, 3.8) is 0 Å². The Morgan fingerprint density at radius 3 is 2.66 bits per heavy atom. The van der Waals surface area contributed by atoms with Crippen molar-refractivity contribution in [3.05, 3.63) is 39.6 Å². The van der Waals surface area contributed by atoms with Crippen LogP contribution >= 0.6 is 0 Å². The maximum Gasteiger partial charge on any atom is 0.256 e. The largest absolute Gasteiger partial charge is 0.337 e. The number of likely N-dealkylation sites (tertiary alicyclic amines) is 1. The SMILES string of the molecule is O=C(C1CCCC1)N1CCc2nc(C3CCCCN3C(=O)CC3C=CCC3)[nH]c(=O)c2C1. The van der Waals surface area contributed by atoms with Crippen LogP contribution in [0.15, 0.2) is 16.9 Å². The predicted molar refractivity (Wildman–Crippen MR) is 121 cm³/mol. The summed E-state index contributed by atoms with van der Waals surface area (Å²) >= 11 is 0. The highest BCUT2D eigenvalue weighted by atomic mass is 16.2. The Labute approximate surface area is 189 Å². The standard InChI is InChI=1S/C25H34N4O3/c30-22(15-17-7-1-2-8-17)29-13-6-5-11-21(29)23-26-20-12-14-28(16-19(20)24(31)27-23)25(32)18-9-3-4-10-18/h1,7,17-18,21H,2-6,8-16H2,(H,26,27,31). The molecule has 1 aromatic rings. The first kappa shape index (κ1) is 21.4. The summed E-state index contributed by atoms with van der Waals surface area (Å²) in [5, 5.41) is 0. The Morgan fingerprint density at radius 1 is 1.06 bits per heavy atom. The van der Waals surface area contributed by atoms with Crippen LogP contribution in [0, 0.1) is 11.8 Å². The molecule has 3 heterocycles. The van der Waals surface area contributed by atoms with E-state index in [1.165, 1.54) is 0 Å². The zero-order chi connectivity index (χ0) is 22.1. The molecule has 1 saturated carbocycles. The van der Waals surface area contributed by atoms with E-state index in [0.29, 0.717) is 43.2 Å². The number of H-pyrrole nitrogens is 1. The van der Waals surface area contributed by atoms with Gasteiger partial charge in [-0.2, -0.15) is 0 Å². The molecular formula is C25H34N4O3. The zero-order valence-electron chi connectivity index (χ0n) is 18.9. The number of aromatic nitrogens is 2. The van der Waals surface area contributed by atoms with Crippen LogP contribution in [0.25, 0.3) is 0 Å². The van der Waals surface area contributed by atoms with Crippen LogP contribution in [0.5, 0.6) is 0 Å². The van der Waals surface area contributed by atoms with E-state index in [-0.39, 0.29) is 29.3 Å². The van der Waals surface area contributed by atoms with E-state index < -0.39 is 0 Å². The van der Waals surface area contributed by atoms with Gasteiger partial charge in [0.2, 0.25) is 11.8 Å². The quantitative estimate of drug-likeness (QED) is 0.731. The van der Waals surface area contributed by atoms with Gasteiger partial charge >= 0.3 is 0 Å². The molecular weight excluding hydrogens is 404 g/mol. The van der Waals surface area contributed by atoms with Crippen LogP contribution in [-0.2, 0) is 22.6 Å². The summed E-state index contributed by atoms with van der Waals surface area (Å²) in [5.41, 5.74) is 1.28. The van der Waals surface area contributed by atoms with E-state index in [1.54, 1.807) is 0 Å². The van der Waals surface area contributed by atoms with Crippen molar-refractivity contribution < 1.29 is 9.59 Å². The topological polar surface area (TPSA) is 86.4 Å². The van der Waals surface area contributed by atoms with Crippen molar-refractivity contribution in [2.45, 2.75) is 83.2 Å². The highest BCUT2D eigenvalue weighted by molar-refractivity contribution is 5.79. The number of fused-ring (bicyclic) bond motifs is 1. The molecule has 5 rings (SSSR count). The van der Waals surface area contributed by atoms with Gasteiger partial charge in [-0.05, 0) is 50.9 Å². The highest BCUT2D eigenvalue weighted by Gasteiger charge is 2.34. The number of rotatable bonds is 4. The van der Waals surface area contributed by atoms with Gasteiger partial charge in [-0.25, -0.2) is 4.98 Å². The molecule has 2 aliphatic heterocycles. The fraction of sp³-hybridized carbons (Fsp3) is 0.680. The molecule has 4 aliphatic rings. The maximum absolute atomic E-state index is 13.1. The van der Waals surface area contributed by atoms with Crippen LogP contribution < -0.4 is 5.56 Å². The first-order valence-electron chi connectivity index (χ1n) is 12.5. The Morgan fingerprint density at radius 2 is 1.88 bits per heavy atom. The van der Waals surface area contributed by atoms with Gasteiger partial charge in [0, 0.05) is 31.8 Å². The average Bonchev–Trinajstić information content (AvgIpc) is 3.53. The minimum Gasteiger partial charge on any atom is -0.337 e. The minimum absolute atomic E-state index is 0.124. The number of nitrogens with zero attached hydrogens (tertiary/aromatic N) is 3. The molecule has 2 unspecified atom stereocenters. The van der Waals surface area contributed by atoms with Gasteiger partial charge in [0.05, 0.1) is 23.8 Å². The van der Waals surface area contributed by atoms with Gasteiger partial charge in [-0.15, -0.1) is 0 Å². The number of carbonyl (C=O) groups is 2. The maximum atomic E-state index is 13.1. The van der Waals surface area contributed by atoms with Crippen LogP contribution in [-0.4, -0.2) is 44.7 Å². The van der Waals surface area contributed by atoms with Gasteiger partial charge in [0.1, 0.15) is 5.82 Å². The van der Waals surface area contributed by atoms with Gasteiger partial charge in [0.15, 0.2) is 0 Å². The van der Waals surface area contributed by atoms with E-state index in [9.17, 15) is 14.4 Å². The number of aromatic amines is 1. The van der Waals surface area contributed by atoms with E-state index in [0.717, 1.165) is 70.0 Å². The Hall–Kier alpha value is -2.44. The normalized spacial score (nSPS) is 25.9. The third-order valence-corrected chi connectivity index (χ3v) is 7.79. The molecule has 32 heavy (non-hydrogen) atoms. The number of amides is 2. The number of hydrogen-bond acceptors (Lipinski definition) is 4. The summed E-state index contributed by atoms with van der Waals surface area (Å²) < 4.78 is 0. The minimum atomic E-state index is -0.155. The molecule has 2 amide bonds. The molecule has 0 aromatic carbocycles. The first-order chi connectivity index (χ1) is 15.6. The van der Waals surface area contributed by atoms with E-state index in [4.69, 9.17) is 4.98 Å². The lowest BCUT2D eigenvalue weighted by Gasteiger charge is -2.36. The van der Waals surface area contributed by atoms with Crippen molar-refractivity contribution in [1.82, 2.24) is 19.8 Å². The number of carbonyl (C=O) groups excluding carboxylic acids is 2. The summed E-state index contributed by atoms with van der Waals surface area (Å²) in [4.78, 5) is 50.6. The Balaban J connectivity index is 1.33. The molecule has 2 fully saturated rings. The second kappa shape index (κ2) is 9.20. The van der Waals surface area contributed by atoms with Gasteiger partial charge in [-0.1, -0.05) is 25.0 Å². The fourth-order valence-corrected chi connectivity index (χ4v) is 5.94. The zero-order valence-corrected chi connectivity index (χ0v) is 18.9. The number of nitrogens with one attached hydrogen (secondary N) is 1. The fourth-order valence-electron chi connectivity index (χ4n) is 5.94. The number of allylic oxidation sites excluding steroid dienone is 2. The van der Waals surface area contributed by atoms with Crippen molar-refractivity contribution in [2.24, 2.45) is 11.8 Å². The van der Waals surface area contributed by atoms with Crippen LogP contribution in [0.4, 0.5) is 0 Å². The smallest absolute Gasteiger partial charge is 0.256 e. The first-order valence-corrected chi connectivity index (χ1v) is 12.5. The summed E-state index contributed by atoms with van der Waals surface area (Å²) in [5.74, 6) is 1.45. The van der Waals surface area contributed by atoms with Crippen LogP contribution in [0.1, 0.15) is 87.3 Å². The third-order valence-electron chi connectivity index (χ3n) is 7.79. The molecule has 1 N–H and O–H groups in total. The lowest BCUT2D eigenvalue weighted by Crippen LogP contribution is -2.44. The summed E-state index contributed by atoms with van der Waals surface area (Å²) in [6.07, 6.45) is 14.6. The summed E-state index contributed by atoms with van der Waals surface area (Å²) in [6.45, 7) is 1.71. The number of hydrogen-bond donors (Lipinski definition) is 1. The van der Waals surface area contributed by atoms with Crippen molar-refractivity contribution in [2.75, 3.05) is 13.1 Å². The van der Waals surface area contributed by atoms with Crippen molar-refractivity contribution in [3.8, 4) is 0 Å². The van der Waals surface area contributed by atoms with Gasteiger partial charge in [0.25, 0.3) is 5.56 Å². The van der Waals surface area contributed by atoms with Crippen molar-refractivity contribution in [1.29, 1.82) is 0 Å². The molecule has 1 saturated heterocycles. The lowest BCUT2D eigenvalue weighted by atomic mass is 9.97. The predicted octanol–water partition coefficient (Wildman–Crippen LogP) is 3.25.